The number of benzene rings is 3. The number of aromatic hydroxyl groups is 1. The lowest BCUT2D eigenvalue weighted by atomic mass is 10.1. The van der Waals surface area contributed by atoms with Gasteiger partial charge in [0.1, 0.15) is 23.9 Å². The van der Waals surface area contributed by atoms with E-state index in [2.05, 4.69) is 65.2 Å². The van der Waals surface area contributed by atoms with Crippen LogP contribution in [0.25, 0.3) is 0 Å². The summed E-state index contributed by atoms with van der Waals surface area (Å²) >= 11 is 0. The summed E-state index contributed by atoms with van der Waals surface area (Å²) < 4.78 is 18.4. The van der Waals surface area contributed by atoms with Crippen LogP contribution in [0, 0.1) is 0 Å². The molecule has 0 radical (unpaired) electrons. The van der Waals surface area contributed by atoms with Crippen LogP contribution in [0.15, 0.2) is 66.7 Å². The second-order valence-corrected chi connectivity index (χ2v) is 17.1. The molecular formula is C35H50N2O5S. The smallest absolute Gasteiger partial charge is 0.249 e. The second-order valence-electron chi connectivity index (χ2n) is 12.8. The Balaban J connectivity index is 1.37. The van der Waals surface area contributed by atoms with E-state index in [1.807, 2.05) is 30.3 Å². The Labute approximate surface area is 259 Å². The minimum absolute atomic E-state index is 0.00138. The van der Waals surface area contributed by atoms with Crippen LogP contribution in [0.1, 0.15) is 75.0 Å². The average molecular weight is 611 g/mol. The fraction of sp³-hybridized carbons (Fsp3) is 0.457. The van der Waals surface area contributed by atoms with E-state index in [0.717, 1.165) is 48.6 Å². The number of primary amides is 1. The topological polar surface area (TPSA) is 103 Å². The van der Waals surface area contributed by atoms with E-state index in [1.165, 1.54) is 5.56 Å². The van der Waals surface area contributed by atoms with Crippen LogP contribution in [0.2, 0.25) is 0 Å². The Bertz CT molecular complexity index is 1320. The first-order valence-electron chi connectivity index (χ1n) is 14.9. The van der Waals surface area contributed by atoms with Gasteiger partial charge in [0.2, 0.25) is 5.91 Å². The summed E-state index contributed by atoms with van der Waals surface area (Å²) in [5, 5.41) is 13.9. The molecule has 3 aromatic carbocycles. The highest BCUT2D eigenvalue weighted by molar-refractivity contribution is 8.31. The van der Waals surface area contributed by atoms with Gasteiger partial charge in [-0.1, -0.05) is 71.9 Å². The van der Waals surface area contributed by atoms with Gasteiger partial charge in [0.25, 0.3) is 0 Å². The molecule has 0 aliphatic heterocycles. The van der Waals surface area contributed by atoms with Gasteiger partial charge in [0.05, 0.1) is 13.2 Å². The van der Waals surface area contributed by atoms with Crippen LogP contribution in [-0.2, 0) is 23.8 Å². The van der Waals surface area contributed by atoms with Crippen molar-refractivity contribution in [1.29, 1.82) is 0 Å². The first kappa shape index (κ1) is 34.3. The summed E-state index contributed by atoms with van der Waals surface area (Å²) in [5.41, 5.74) is 8.66. The average Bonchev–Trinajstić information content (AvgIpc) is 2.95. The number of ether oxygens (including phenoxy) is 2. The number of amides is 1. The van der Waals surface area contributed by atoms with Crippen molar-refractivity contribution in [1.82, 2.24) is 5.32 Å². The Kier molecular flexibility index (Phi) is 12.0. The van der Waals surface area contributed by atoms with Gasteiger partial charge in [-0.3, -0.25) is 4.79 Å². The van der Waals surface area contributed by atoms with Crippen LogP contribution in [0.5, 0.6) is 17.2 Å². The molecule has 236 valence electrons. The van der Waals surface area contributed by atoms with Gasteiger partial charge in [0.15, 0.2) is 0 Å². The Hall–Kier alpha value is -3.20. The van der Waals surface area contributed by atoms with E-state index < -0.39 is 16.2 Å². The maximum atomic E-state index is 11.6. The predicted molar refractivity (Wildman–Crippen MR) is 178 cm³/mol. The van der Waals surface area contributed by atoms with Crippen LogP contribution in [-0.4, -0.2) is 46.5 Å². The zero-order valence-corrected chi connectivity index (χ0v) is 27.7. The fourth-order valence-electron chi connectivity index (χ4n) is 4.77. The van der Waals surface area contributed by atoms with E-state index in [0.29, 0.717) is 18.8 Å². The molecule has 0 saturated carbocycles. The predicted octanol–water partition coefficient (Wildman–Crippen LogP) is 7.13. The van der Waals surface area contributed by atoms with Crippen LogP contribution >= 0.6 is 10.3 Å². The lowest BCUT2D eigenvalue weighted by molar-refractivity contribution is 0.0998. The number of rotatable bonds is 15. The van der Waals surface area contributed by atoms with Crippen LogP contribution < -0.4 is 20.5 Å². The Morgan fingerprint density at radius 2 is 1.49 bits per heavy atom. The van der Waals surface area contributed by atoms with Crippen molar-refractivity contribution in [2.45, 2.75) is 77.1 Å². The minimum Gasteiger partial charge on any atom is -0.508 e. The number of nitrogens with one attached hydrogen (secondary N) is 1. The maximum Gasteiger partial charge on any atom is 0.249 e. The van der Waals surface area contributed by atoms with Gasteiger partial charge >= 0.3 is 0 Å². The molecule has 1 amide bonds. The molecule has 3 rings (SSSR count). The van der Waals surface area contributed by atoms with Crippen molar-refractivity contribution in [3.63, 3.8) is 0 Å². The van der Waals surface area contributed by atoms with E-state index in [-0.39, 0.29) is 21.9 Å². The van der Waals surface area contributed by atoms with Gasteiger partial charge in [-0.25, -0.2) is 0 Å². The van der Waals surface area contributed by atoms with Gasteiger partial charge in [-0.2, -0.15) is 0 Å². The van der Waals surface area contributed by atoms with Crippen molar-refractivity contribution in [3.8, 4) is 17.2 Å². The van der Waals surface area contributed by atoms with Crippen LogP contribution in [0.4, 0.5) is 0 Å². The first-order valence-corrected chi connectivity index (χ1v) is 16.8. The zero-order chi connectivity index (χ0) is 31.7. The summed E-state index contributed by atoms with van der Waals surface area (Å²) in [7, 11) is -1.45. The van der Waals surface area contributed by atoms with E-state index in [4.69, 9.17) is 19.4 Å². The fourth-order valence-corrected chi connectivity index (χ4v) is 7.67. The molecule has 0 heterocycles. The Morgan fingerprint density at radius 3 is 2.14 bits per heavy atom. The van der Waals surface area contributed by atoms with Crippen molar-refractivity contribution in [3.05, 3.63) is 89.0 Å². The molecule has 0 unspecified atom stereocenters. The number of hydrogen-bond donors (Lipinski definition) is 3. The number of carbonyl (C=O) groups excluding carboxylic acids is 1. The number of carbonyl (C=O) groups is 1. The summed E-state index contributed by atoms with van der Waals surface area (Å²) in [6, 6.07) is 20.6. The quantitative estimate of drug-likeness (QED) is 0.158. The molecule has 0 aliphatic carbocycles. The number of hydrogen-bond acceptors (Lipinski definition) is 6. The minimum atomic E-state index is -1.45. The molecule has 0 saturated heterocycles. The molecule has 3 aromatic rings. The third kappa shape index (κ3) is 9.65. The number of nitrogens with two attached hydrogens (primary N) is 1. The highest BCUT2D eigenvalue weighted by Crippen LogP contribution is 2.66. The third-order valence-electron chi connectivity index (χ3n) is 7.80. The molecule has 43 heavy (non-hydrogen) atoms. The molecule has 8 heteroatoms. The molecular weight excluding hydrogens is 560 g/mol. The van der Waals surface area contributed by atoms with Crippen LogP contribution in [0.3, 0.4) is 0 Å². The molecule has 0 aromatic heterocycles. The largest absolute Gasteiger partial charge is 0.508 e. The maximum absolute atomic E-state index is 11.6. The highest BCUT2D eigenvalue weighted by atomic mass is 32.3. The first-order chi connectivity index (χ1) is 20.2. The third-order valence-corrected chi connectivity index (χ3v) is 13.1. The molecule has 0 aliphatic rings. The van der Waals surface area contributed by atoms with Gasteiger partial charge in [0, 0.05) is 26.2 Å². The lowest BCUT2D eigenvalue weighted by Gasteiger charge is -2.55. The normalized spacial score (nSPS) is 12.6. The summed E-state index contributed by atoms with van der Waals surface area (Å²) in [6.45, 7) is 16.3. The van der Waals surface area contributed by atoms with E-state index in [9.17, 15) is 9.90 Å². The molecule has 4 N–H and O–H groups in total. The monoisotopic (exact) mass is 610 g/mol. The van der Waals surface area contributed by atoms with Gasteiger partial charge in [-0.15, -0.1) is 10.3 Å². The molecule has 0 bridgehead atoms. The lowest BCUT2D eigenvalue weighted by Crippen LogP contribution is -2.38. The second kappa shape index (κ2) is 15.0. The molecule has 0 atom stereocenters. The summed E-state index contributed by atoms with van der Waals surface area (Å²) in [4.78, 5) is 11.6. The van der Waals surface area contributed by atoms with E-state index >= 15 is 0 Å². The zero-order valence-electron chi connectivity index (χ0n) is 26.9. The van der Waals surface area contributed by atoms with E-state index in [1.54, 1.807) is 24.3 Å². The van der Waals surface area contributed by atoms with Gasteiger partial charge in [-0.05, 0) is 74.1 Å². The highest BCUT2D eigenvalue weighted by Gasteiger charge is 2.43. The van der Waals surface area contributed by atoms with Crippen molar-refractivity contribution in [2.24, 2.45) is 5.73 Å². The number of phenolic OH excluding ortho intramolecular Hbond substituents is 1. The molecule has 0 fully saturated rings. The van der Waals surface area contributed by atoms with Gasteiger partial charge < -0.3 is 29.8 Å². The van der Waals surface area contributed by atoms with Crippen molar-refractivity contribution in [2.75, 3.05) is 26.0 Å². The standard InChI is InChI=1S/C35H50N2O5S/c1-34(2,3)43(7,35(4,5)6)42-25-28-23-30(17-18-32(28)38)40-22-10-20-37-21-19-26-13-15-29(16-14-26)41-24-27-11-8-9-12-31(27)33(36)39/h8-9,11-18,23,37-38H,10,19-22,24-25H2,1-7H3,(H2,36,39). The molecule has 0 spiro atoms. The molecule has 7 nitrogen and oxygen atoms in total. The van der Waals surface area contributed by atoms with Crippen molar-refractivity contribution < 1.29 is 23.6 Å². The summed E-state index contributed by atoms with van der Waals surface area (Å²) in [6.07, 6.45) is 4.00. The SMILES string of the molecule is CC(C)(C)S(C)(OCc1cc(OCCCNCCc2ccc(OCc3ccccc3C(N)=O)cc2)ccc1O)C(C)(C)C. The number of phenols is 1. The summed E-state index contributed by atoms with van der Waals surface area (Å²) in [5.74, 6) is 1.26. The van der Waals surface area contributed by atoms with Crippen molar-refractivity contribution >= 4 is 16.2 Å². The Morgan fingerprint density at radius 1 is 0.837 bits per heavy atom.